The number of hydrogen-bond acceptors (Lipinski definition) is 4. The first-order valence-electron chi connectivity index (χ1n) is 9.51. The zero-order valence-corrected chi connectivity index (χ0v) is 16.6. The first-order chi connectivity index (χ1) is 12.8. The van der Waals surface area contributed by atoms with Crippen LogP contribution in [0.25, 0.3) is 0 Å². The number of nitrogens with zero attached hydrogens (tertiary/aromatic N) is 3. The Balaban J connectivity index is 1.90. The van der Waals surface area contributed by atoms with E-state index in [4.69, 9.17) is 4.74 Å². The minimum atomic E-state index is -1.04. The third-order valence-corrected chi connectivity index (χ3v) is 5.34. The van der Waals surface area contributed by atoms with Gasteiger partial charge in [0.1, 0.15) is 11.3 Å². The van der Waals surface area contributed by atoms with Gasteiger partial charge in [-0.3, -0.25) is 9.48 Å². The van der Waals surface area contributed by atoms with E-state index in [9.17, 15) is 9.90 Å². The van der Waals surface area contributed by atoms with Gasteiger partial charge in [0.25, 0.3) is 5.91 Å². The standard InChI is InChI=1S/C21H29N3O3/c1-15(2)18-12-19(23(4)22-18)20(25)24(13-17-8-6-5-7-9-17)14-21(26)10-11-27-16(21)3/h5-9,12,15-16,26H,10-11,13-14H2,1-4H3/t16-,21+/m1/s1. The Kier molecular flexibility index (Phi) is 5.67. The van der Waals surface area contributed by atoms with Crippen LogP contribution in [0.5, 0.6) is 0 Å². The van der Waals surface area contributed by atoms with E-state index >= 15 is 0 Å². The number of hydrogen-bond donors (Lipinski definition) is 1. The molecule has 1 fully saturated rings. The Bertz CT molecular complexity index is 787. The molecule has 3 rings (SSSR count). The summed E-state index contributed by atoms with van der Waals surface area (Å²) in [5, 5.41) is 15.5. The van der Waals surface area contributed by atoms with Gasteiger partial charge in [0, 0.05) is 26.6 Å². The van der Waals surface area contributed by atoms with Gasteiger partial charge < -0.3 is 14.7 Å². The number of benzene rings is 1. The van der Waals surface area contributed by atoms with Crippen molar-refractivity contribution in [2.45, 2.75) is 51.4 Å². The van der Waals surface area contributed by atoms with Gasteiger partial charge in [0.05, 0.1) is 18.3 Å². The molecule has 1 amide bonds. The number of carbonyl (C=O) groups excluding carboxylic acids is 1. The quantitative estimate of drug-likeness (QED) is 0.848. The lowest BCUT2D eigenvalue weighted by Gasteiger charge is -2.33. The van der Waals surface area contributed by atoms with E-state index in [-0.39, 0.29) is 24.5 Å². The van der Waals surface area contributed by atoms with E-state index in [0.717, 1.165) is 11.3 Å². The number of amides is 1. The second-order valence-corrected chi connectivity index (χ2v) is 7.75. The van der Waals surface area contributed by atoms with Crippen LogP contribution >= 0.6 is 0 Å². The lowest BCUT2D eigenvalue weighted by atomic mass is 9.95. The first kappa shape index (κ1) is 19.6. The van der Waals surface area contributed by atoms with Crippen molar-refractivity contribution in [1.29, 1.82) is 0 Å². The maximum Gasteiger partial charge on any atom is 0.272 e. The average Bonchev–Trinajstić information content (AvgIpc) is 3.18. The fraction of sp³-hybridized carbons (Fsp3) is 0.524. The highest BCUT2D eigenvalue weighted by Gasteiger charge is 2.42. The SMILES string of the molecule is CC(C)c1cc(C(=O)N(Cc2ccccc2)C[C@@]2(O)CCO[C@@H]2C)n(C)n1. The van der Waals surface area contributed by atoms with Crippen molar-refractivity contribution in [3.63, 3.8) is 0 Å². The van der Waals surface area contributed by atoms with E-state index in [1.165, 1.54) is 0 Å². The molecule has 0 bridgehead atoms. The number of aromatic nitrogens is 2. The molecule has 0 aliphatic carbocycles. The zero-order chi connectivity index (χ0) is 19.6. The Labute approximate surface area is 160 Å². The molecular formula is C21H29N3O3. The van der Waals surface area contributed by atoms with E-state index in [1.54, 1.807) is 16.6 Å². The summed E-state index contributed by atoms with van der Waals surface area (Å²) in [7, 11) is 1.79. The Morgan fingerprint density at radius 1 is 1.41 bits per heavy atom. The summed E-state index contributed by atoms with van der Waals surface area (Å²) >= 11 is 0. The molecule has 6 nitrogen and oxygen atoms in total. The molecule has 146 valence electrons. The summed E-state index contributed by atoms with van der Waals surface area (Å²) in [6.45, 7) is 7.13. The Morgan fingerprint density at radius 2 is 2.11 bits per heavy atom. The lowest BCUT2D eigenvalue weighted by molar-refractivity contribution is -0.0459. The van der Waals surface area contributed by atoms with Gasteiger partial charge in [-0.15, -0.1) is 0 Å². The van der Waals surface area contributed by atoms with Crippen molar-refractivity contribution in [2.24, 2.45) is 7.05 Å². The normalized spacial score (nSPS) is 22.4. The molecule has 6 heteroatoms. The molecule has 0 unspecified atom stereocenters. The average molecular weight is 371 g/mol. The second-order valence-electron chi connectivity index (χ2n) is 7.75. The number of ether oxygens (including phenoxy) is 1. The Morgan fingerprint density at radius 3 is 2.67 bits per heavy atom. The van der Waals surface area contributed by atoms with E-state index in [0.29, 0.717) is 25.3 Å². The molecule has 0 saturated carbocycles. The van der Waals surface area contributed by atoms with Gasteiger partial charge in [-0.2, -0.15) is 5.10 Å². The third-order valence-electron chi connectivity index (χ3n) is 5.34. The van der Waals surface area contributed by atoms with Crippen molar-refractivity contribution in [2.75, 3.05) is 13.2 Å². The van der Waals surface area contributed by atoms with Crippen LogP contribution in [0.4, 0.5) is 0 Å². The first-order valence-corrected chi connectivity index (χ1v) is 9.51. The number of aliphatic hydroxyl groups is 1. The van der Waals surface area contributed by atoms with Gasteiger partial charge >= 0.3 is 0 Å². The van der Waals surface area contributed by atoms with E-state index in [1.807, 2.05) is 43.3 Å². The van der Waals surface area contributed by atoms with Crippen LogP contribution in [-0.2, 0) is 18.3 Å². The third kappa shape index (κ3) is 4.22. The van der Waals surface area contributed by atoms with Crippen LogP contribution in [0.15, 0.2) is 36.4 Å². The van der Waals surface area contributed by atoms with E-state index in [2.05, 4.69) is 18.9 Å². The van der Waals surface area contributed by atoms with Crippen molar-refractivity contribution in [1.82, 2.24) is 14.7 Å². The van der Waals surface area contributed by atoms with Crippen molar-refractivity contribution in [3.8, 4) is 0 Å². The van der Waals surface area contributed by atoms with Crippen LogP contribution in [0.1, 0.15) is 54.9 Å². The minimum Gasteiger partial charge on any atom is -0.385 e. The summed E-state index contributed by atoms with van der Waals surface area (Å²) in [6.07, 6.45) is 0.219. The predicted molar refractivity (Wildman–Crippen MR) is 103 cm³/mol. The molecule has 2 heterocycles. The smallest absolute Gasteiger partial charge is 0.272 e. The summed E-state index contributed by atoms with van der Waals surface area (Å²) in [5.74, 6) is 0.112. The molecule has 0 radical (unpaired) electrons. The van der Waals surface area contributed by atoms with Crippen LogP contribution in [-0.4, -0.2) is 50.6 Å². The molecule has 1 aromatic carbocycles. The van der Waals surface area contributed by atoms with Gasteiger partial charge in [-0.25, -0.2) is 0 Å². The van der Waals surface area contributed by atoms with Crippen LogP contribution < -0.4 is 0 Å². The van der Waals surface area contributed by atoms with Gasteiger partial charge in [-0.1, -0.05) is 44.2 Å². The Hall–Kier alpha value is -2.18. The lowest BCUT2D eigenvalue weighted by Crippen LogP contribution is -2.49. The number of aryl methyl sites for hydroxylation is 1. The van der Waals surface area contributed by atoms with Crippen LogP contribution in [0, 0.1) is 0 Å². The molecule has 1 saturated heterocycles. The molecule has 2 aromatic rings. The molecule has 0 spiro atoms. The van der Waals surface area contributed by atoms with Crippen LogP contribution in [0.2, 0.25) is 0 Å². The zero-order valence-electron chi connectivity index (χ0n) is 16.6. The largest absolute Gasteiger partial charge is 0.385 e. The molecule has 1 aromatic heterocycles. The summed E-state index contributed by atoms with van der Waals surface area (Å²) in [4.78, 5) is 15.1. The fourth-order valence-corrected chi connectivity index (χ4v) is 3.45. The number of rotatable bonds is 6. The minimum absolute atomic E-state index is 0.131. The predicted octanol–water partition coefficient (Wildman–Crippen LogP) is 2.73. The highest BCUT2D eigenvalue weighted by atomic mass is 16.5. The molecule has 1 aliphatic heterocycles. The molecule has 1 N–H and O–H groups in total. The van der Waals surface area contributed by atoms with Crippen molar-refractivity contribution in [3.05, 3.63) is 53.3 Å². The molecular weight excluding hydrogens is 342 g/mol. The van der Waals surface area contributed by atoms with Gasteiger partial charge in [0.15, 0.2) is 0 Å². The van der Waals surface area contributed by atoms with Crippen molar-refractivity contribution < 1.29 is 14.6 Å². The van der Waals surface area contributed by atoms with Crippen molar-refractivity contribution >= 4 is 5.91 Å². The van der Waals surface area contributed by atoms with Crippen LogP contribution in [0.3, 0.4) is 0 Å². The second kappa shape index (κ2) is 7.82. The summed E-state index contributed by atoms with van der Waals surface area (Å²) < 4.78 is 7.19. The molecule has 2 atom stereocenters. The summed E-state index contributed by atoms with van der Waals surface area (Å²) in [6, 6.07) is 11.7. The highest BCUT2D eigenvalue weighted by Crippen LogP contribution is 2.28. The maximum atomic E-state index is 13.4. The molecule has 1 aliphatic rings. The number of carbonyl (C=O) groups is 1. The topological polar surface area (TPSA) is 67.6 Å². The highest BCUT2D eigenvalue weighted by molar-refractivity contribution is 5.92. The van der Waals surface area contributed by atoms with E-state index < -0.39 is 5.60 Å². The molecule has 27 heavy (non-hydrogen) atoms. The van der Waals surface area contributed by atoms with Gasteiger partial charge in [-0.05, 0) is 24.5 Å². The maximum absolute atomic E-state index is 13.4. The summed E-state index contributed by atoms with van der Waals surface area (Å²) in [5.41, 5.74) is 1.40. The van der Waals surface area contributed by atoms with Gasteiger partial charge in [0.2, 0.25) is 0 Å². The fourth-order valence-electron chi connectivity index (χ4n) is 3.45. The monoisotopic (exact) mass is 371 g/mol.